The summed E-state index contributed by atoms with van der Waals surface area (Å²) in [5.74, 6) is 1.17. The van der Waals surface area contributed by atoms with E-state index in [9.17, 15) is 4.79 Å². The van der Waals surface area contributed by atoms with Gasteiger partial charge in [-0.25, -0.2) is 9.97 Å². The molecule has 12 heteroatoms. The van der Waals surface area contributed by atoms with Gasteiger partial charge in [-0.3, -0.25) is 9.69 Å². The number of rotatable bonds is 13. The van der Waals surface area contributed by atoms with Crippen LogP contribution in [0.5, 0.6) is 11.5 Å². The summed E-state index contributed by atoms with van der Waals surface area (Å²) >= 11 is 0. The van der Waals surface area contributed by atoms with Gasteiger partial charge in [-0.2, -0.15) is 0 Å². The highest BCUT2D eigenvalue weighted by molar-refractivity contribution is 5.87. The monoisotopic (exact) mass is 623 g/mol. The zero-order valence-corrected chi connectivity index (χ0v) is 26.9. The normalized spacial score (nSPS) is 27.1. The van der Waals surface area contributed by atoms with Gasteiger partial charge in [-0.05, 0) is 71.1 Å². The van der Waals surface area contributed by atoms with Crippen molar-refractivity contribution in [2.24, 2.45) is 5.92 Å². The molecule has 6 rings (SSSR count). The van der Waals surface area contributed by atoms with Crippen molar-refractivity contribution in [1.82, 2.24) is 19.4 Å². The Labute approximate surface area is 264 Å². The van der Waals surface area contributed by atoms with E-state index >= 15 is 0 Å². The largest absolute Gasteiger partial charge is 0.497 e. The Bertz CT molecular complexity index is 1500. The van der Waals surface area contributed by atoms with E-state index in [1.54, 1.807) is 20.5 Å². The minimum Gasteiger partial charge on any atom is -0.497 e. The number of benzene rings is 1. The second-order valence-electron chi connectivity index (χ2n) is 13.1. The first-order valence-corrected chi connectivity index (χ1v) is 15.8. The van der Waals surface area contributed by atoms with Gasteiger partial charge in [0.1, 0.15) is 47.6 Å². The molecule has 244 valence electrons. The fraction of sp³-hybridized carbons (Fsp3) is 0.606. The number of aromatic nitrogens is 3. The van der Waals surface area contributed by atoms with Crippen LogP contribution in [0.3, 0.4) is 0 Å². The fourth-order valence-corrected chi connectivity index (χ4v) is 7.05. The molecule has 0 radical (unpaired) electrons. The molecule has 12 nitrogen and oxygen atoms in total. The summed E-state index contributed by atoms with van der Waals surface area (Å²) in [6, 6.07) is 8.46. The van der Waals surface area contributed by atoms with Gasteiger partial charge in [0, 0.05) is 49.4 Å². The molecule has 4 heterocycles. The van der Waals surface area contributed by atoms with Crippen LogP contribution in [-0.2, 0) is 25.5 Å². The zero-order chi connectivity index (χ0) is 31.9. The van der Waals surface area contributed by atoms with Gasteiger partial charge in [0.25, 0.3) is 0 Å². The number of carbonyl (C=O) groups is 1. The molecule has 2 saturated heterocycles. The first-order valence-electron chi connectivity index (χ1n) is 15.8. The number of hydrogen-bond acceptors (Lipinski definition) is 10. The third kappa shape index (κ3) is 6.46. The molecule has 2 aromatic heterocycles. The summed E-state index contributed by atoms with van der Waals surface area (Å²) in [4.78, 5) is 22.7. The average molecular weight is 624 g/mol. The topological polar surface area (TPSA) is 129 Å². The van der Waals surface area contributed by atoms with Crippen LogP contribution in [0, 0.1) is 5.92 Å². The van der Waals surface area contributed by atoms with Gasteiger partial charge in [-0.15, -0.1) is 0 Å². The number of methoxy groups -OCH3 is 2. The minimum absolute atomic E-state index is 0.207. The van der Waals surface area contributed by atoms with E-state index in [0.717, 1.165) is 47.4 Å². The highest BCUT2D eigenvalue weighted by Gasteiger charge is 2.56. The highest BCUT2D eigenvalue weighted by Crippen LogP contribution is 2.45. The number of hydrogen-bond donors (Lipinski definition) is 2. The van der Waals surface area contributed by atoms with Gasteiger partial charge in [-0.1, -0.05) is 0 Å². The van der Waals surface area contributed by atoms with E-state index in [0.29, 0.717) is 36.9 Å². The van der Waals surface area contributed by atoms with Crippen molar-refractivity contribution in [2.45, 2.75) is 102 Å². The molecule has 0 amide bonds. The Balaban J connectivity index is 1.20. The second kappa shape index (κ2) is 12.7. The molecule has 1 aromatic carbocycles. The lowest BCUT2D eigenvalue weighted by atomic mass is 9.76. The molecule has 0 bridgehead atoms. The number of fused-ring (bicyclic) bond motifs is 2. The van der Waals surface area contributed by atoms with E-state index < -0.39 is 18.0 Å². The summed E-state index contributed by atoms with van der Waals surface area (Å²) in [6.45, 7) is 9.52. The van der Waals surface area contributed by atoms with Crippen LogP contribution in [-0.4, -0.2) is 87.5 Å². The lowest BCUT2D eigenvalue weighted by molar-refractivity contribution is -0.199. The number of nitrogens with one attached hydrogen (secondary N) is 1. The molecular formula is C33H45N5O7. The predicted molar refractivity (Wildman–Crippen MR) is 167 cm³/mol. The summed E-state index contributed by atoms with van der Waals surface area (Å²) < 4.78 is 32.6. The number of ether oxygens (including phenoxy) is 5. The third-order valence-corrected chi connectivity index (χ3v) is 9.35. The Hall–Kier alpha value is -3.45. The van der Waals surface area contributed by atoms with Crippen molar-refractivity contribution in [3.63, 3.8) is 0 Å². The molecule has 3 aromatic rings. The van der Waals surface area contributed by atoms with Crippen LogP contribution in [0.2, 0.25) is 0 Å². The van der Waals surface area contributed by atoms with Crippen LogP contribution in [0.15, 0.2) is 36.8 Å². The minimum atomic E-state index is -0.737. The Morgan fingerprint density at radius 3 is 2.64 bits per heavy atom. The quantitative estimate of drug-likeness (QED) is 0.272. The number of nitrogens with zero attached hydrogens (tertiary/aromatic N) is 4. The molecule has 3 fully saturated rings. The van der Waals surface area contributed by atoms with Gasteiger partial charge in [0.05, 0.1) is 19.6 Å². The number of aliphatic carboxylic acids is 1. The van der Waals surface area contributed by atoms with E-state index in [2.05, 4.69) is 34.0 Å². The Morgan fingerprint density at radius 1 is 1.16 bits per heavy atom. The maximum Gasteiger partial charge on any atom is 0.303 e. The first kappa shape index (κ1) is 31.5. The van der Waals surface area contributed by atoms with E-state index in [4.69, 9.17) is 28.8 Å². The summed E-state index contributed by atoms with van der Waals surface area (Å²) in [7, 11) is 3.28. The van der Waals surface area contributed by atoms with Crippen molar-refractivity contribution in [2.75, 3.05) is 26.1 Å². The summed E-state index contributed by atoms with van der Waals surface area (Å²) in [5.41, 5.74) is 1.72. The van der Waals surface area contributed by atoms with Gasteiger partial charge < -0.3 is 38.7 Å². The SMILES string of the molecule is COc1ccc(CNc2ncnc3c2ccn3[C@@H]2O[C@H](CN(C(C)C)C3CC(CCC(=O)O)C3)[C@H]3OC(C)(C)O[C@H]32)c(OC)c1. The van der Waals surface area contributed by atoms with Crippen LogP contribution >= 0.6 is 0 Å². The molecule has 2 N–H and O–H groups in total. The molecule has 1 saturated carbocycles. The number of anilines is 1. The summed E-state index contributed by atoms with van der Waals surface area (Å²) in [5, 5.41) is 13.4. The highest BCUT2D eigenvalue weighted by atomic mass is 16.8. The molecule has 4 atom stereocenters. The molecule has 0 spiro atoms. The van der Waals surface area contributed by atoms with Gasteiger partial charge in [0.2, 0.25) is 0 Å². The Kier molecular flexibility index (Phi) is 8.93. The predicted octanol–water partition coefficient (Wildman–Crippen LogP) is 4.83. The van der Waals surface area contributed by atoms with E-state index in [-0.39, 0.29) is 24.7 Å². The Morgan fingerprint density at radius 2 is 1.93 bits per heavy atom. The molecular weight excluding hydrogens is 578 g/mol. The van der Waals surface area contributed by atoms with Gasteiger partial charge >= 0.3 is 5.97 Å². The lowest BCUT2D eigenvalue weighted by Gasteiger charge is -2.46. The van der Waals surface area contributed by atoms with Crippen molar-refractivity contribution < 1.29 is 33.6 Å². The van der Waals surface area contributed by atoms with Crippen LogP contribution < -0.4 is 14.8 Å². The molecule has 3 aliphatic rings. The molecule has 2 aliphatic heterocycles. The third-order valence-electron chi connectivity index (χ3n) is 9.35. The van der Waals surface area contributed by atoms with E-state index in [1.807, 2.05) is 48.9 Å². The second-order valence-corrected chi connectivity index (χ2v) is 13.1. The van der Waals surface area contributed by atoms with Crippen molar-refractivity contribution in [1.29, 1.82) is 0 Å². The standard InChI is InChI=1S/C33H45N5O7/c1-19(2)38(22-13-20(14-22)7-10-27(39)40)17-26-28-29(45-33(3,4)44-28)32(43-26)37-12-11-24-30(35-18-36-31(24)37)34-16-21-8-9-23(41-5)15-25(21)42-6/h8-9,11-12,15,18-20,22,26,28-29,32H,7,10,13-14,16-17H2,1-6H3,(H,39,40)(H,34,35,36)/t20?,22?,26-,28-,29-,32-/m1/s1. The number of carboxylic acids is 1. The number of carboxylic acid groups (broad SMARTS) is 1. The fourth-order valence-electron chi connectivity index (χ4n) is 7.05. The smallest absolute Gasteiger partial charge is 0.303 e. The average Bonchev–Trinajstić information content (AvgIpc) is 3.65. The van der Waals surface area contributed by atoms with Crippen molar-refractivity contribution in [3.8, 4) is 11.5 Å². The molecule has 0 unspecified atom stereocenters. The van der Waals surface area contributed by atoms with Crippen molar-refractivity contribution >= 4 is 22.8 Å². The van der Waals surface area contributed by atoms with Crippen molar-refractivity contribution in [3.05, 3.63) is 42.4 Å². The zero-order valence-electron chi connectivity index (χ0n) is 26.9. The van der Waals surface area contributed by atoms with E-state index in [1.165, 1.54) is 0 Å². The molecule has 45 heavy (non-hydrogen) atoms. The van der Waals surface area contributed by atoms with Gasteiger partial charge in [0.15, 0.2) is 12.0 Å². The lowest BCUT2D eigenvalue weighted by Crippen LogP contribution is -2.52. The van der Waals surface area contributed by atoms with Crippen LogP contribution in [0.25, 0.3) is 11.0 Å². The first-order chi connectivity index (χ1) is 21.6. The maximum absolute atomic E-state index is 11.0. The summed E-state index contributed by atoms with van der Waals surface area (Å²) in [6.07, 6.45) is 5.35. The van der Waals surface area contributed by atoms with Crippen LogP contribution in [0.4, 0.5) is 5.82 Å². The molecule has 1 aliphatic carbocycles. The maximum atomic E-state index is 11.0. The van der Waals surface area contributed by atoms with Crippen LogP contribution in [0.1, 0.15) is 65.2 Å².